The summed E-state index contributed by atoms with van der Waals surface area (Å²) in [5.41, 5.74) is 0.591. The van der Waals surface area contributed by atoms with Crippen molar-refractivity contribution in [1.82, 2.24) is 25.4 Å². The van der Waals surface area contributed by atoms with E-state index in [1.807, 2.05) is 0 Å². The van der Waals surface area contributed by atoms with E-state index in [0.29, 0.717) is 11.3 Å². The van der Waals surface area contributed by atoms with E-state index in [2.05, 4.69) is 41.3 Å². The van der Waals surface area contributed by atoms with E-state index < -0.39 is 5.56 Å². The smallest absolute Gasteiger partial charge is 0.262 e. The second-order valence-electron chi connectivity index (χ2n) is 3.98. The Morgan fingerprint density at radius 1 is 1.20 bits per heavy atom. The van der Waals surface area contributed by atoms with Crippen molar-refractivity contribution in [3.05, 3.63) is 45.3 Å². The maximum absolute atomic E-state index is 12.1. The number of halogens is 1. The van der Waals surface area contributed by atoms with Crippen LogP contribution in [0.1, 0.15) is 0 Å². The van der Waals surface area contributed by atoms with E-state index in [-0.39, 0.29) is 17.3 Å². The van der Waals surface area contributed by atoms with Gasteiger partial charge in [-0.2, -0.15) is 20.4 Å². The molecule has 20 heavy (non-hydrogen) atoms. The quantitative estimate of drug-likeness (QED) is 0.661. The first-order chi connectivity index (χ1) is 9.65. The van der Waals surface area contributed by atoms with E-state index in [1.165, 1.54) is 6.20 Å². The van der Waals surface area contributed by atoms with Crippen LogP contribution in [-0.4, -0.2) is 30.5 Å². The number of rotatable bonds is 2. The van der Waals surface area contributed by atoms with Gasteiger partial charge in [0, 0.05) is 4.47 Å². The molecule has 7 nitrogen and oxygen atoms in total. The van der Waals surface area contributed by atoms with Crippen LogP contribution in [0.5, 0.6) is 5.88 Å². The molecular weight excluding hydrogens is 326 g/mol. The molecule has 100 valence electrons. The average molecular weight is 334 g/mol. The highest BCUT2D eigenvalue weighted by Gasteiger charge is 2.14. The third-order valence-electron chi connectivity index (χ3n) is 2.69. The van der Waals surface area contributed by atoms with Crippen LogP contribution >= 0.6 is 15.9 Å². The van der Waals surface area contributed by atoms with Gasteiger partial charge in [0.15, 0.2) is 5.82 Å². The number of nitrogens with zero attached hydrogens (tertiary/aromatic N) is 3. The summed E-state index contributed by atoms with van der Waals surface area (Å²) >= 11 is 3.31. The minimum Gasteiger partial charge on any atom is -0.493 e. The van der Waals surface area contributed by atoms with Gasteiger partial charge in [-0.3, -0.25) is 4.79 Å². The van der Waals surface area contributed by atoms with Crippen molar-refractivity contribution in [2.75, 3.05) is 0 Å². The first kappa shape index (κ1) is 12.5. The Balaban J connectivity index is 2.14. The molecule has 0 saturated carbocycles. The van der Waals surface area contributed by atoms with E-state index in [0.717, 1.165) is 4.47 Å². The zero-order valence-corrected chi connectivity index (χ0v) is 11.5. The van der Waals surface area contributed by atoms with Crippen molar-refractivity contribution in [3.63, 3.8) is 0 Å². The zero-order chi connectivity index (χ0) is 14.1. The predicted octanol–water partition coefficient (Wildman–Crippen LogP) is 1.69. The summed E-state index contributed by atoms with van der Waals surface area (Å²) in [5, 5.41) is 19.8. The molecule has 2 heterocycles. The number of hydrogen-bond acceptors (Lipinski definition) is 5. The molecule has 1 aromatic carbocycles. The van der Waals surface area contributed by atoms with Crippen molar-refractivity contribution in [3.8, 4) is 28.5 Å². The number of aromatic hydroxyl groups is 1. The molecule has 0 fully saturated rings. The second kappa shape index (κ2) is 4.89. The zero-order valence-electron chi connectivity index (χ0n) is 9.96. The van der Waals surface area contributed by atoms with Gasteiger partial charge in [0.25, 0.3) is 5.56 Å². The Hall–Kier alpha value is -2.48. The van der Waals surface area contributed by atoms with Gasteiger partial charge in [0.05, 0.1) is 6.20 Å². The molecule has 2 aromatic heterocycles. The molecule has 3 rings (SSSR count). The van der Waals surface area contributed by atoms with Crippen LogP contribution in [0.3, 0.4) is 0 Å². The summed E-state index contributed by atoms with van der Waals surface area (Å²) in [4.78, 5) is 18.6. The van der Waals surface area contributed by atoms with Crippen molar-refractivity contribution in [1.29, 1.82) is 0 Å². The Kier molecular flexibility index (Phi) is 3.07. The lowest BCUT2D eigenvalue weighted by molar-refractivity contribution is 0.454. The van der Waals surface area contributed by atoms with E-state index >= 15 is 0 Å². The Labute approximate surface area is 120 Å². The van der Waals surface area contributed by atoms with Gasteiger partial charge in [-0.15, -0.1) is 0 Å². The molecule has 0 radical (unpaired) electrons. The topological polar surface area (TPSA) is 108 Å². The first-order valence-electron chi connectivity index (χ1n) is 5.60. The van der Waals surface area contributed by atoms with Crippen LogP contribution in [0.2, 0.25) is 0 Å². The minimum absolute atomic E-state index is 0.116. The van der Waals surface area contributed by atoms with Crippen molar-refractivity contribution < 1.29 is 5.11 Å². The fourth-order valence-electron chi connectivity index (χ4n) is 1.78. The lowest BCUT2D eigenvalue weighted by Crippen LogP contribution is -2.12. The van der Waals surface area contributed by atoms with Gasteiger partial charge in [-0.25, -0.2) is 0 Å². The summed E-state index contributed by atoms with van der Waals surface area (Å²) in [5.74, 6) is -0.198. The fourth-order valence-corrected chi connectivity index (χ4v) is 2.04. The van der Waals surface area contributed by atoms with Crippen LogP contribution in [0.25, 0.3) is 22.6 Å². The highest BCUT2D eigenvalue weighted by molar-refractivity contribution is 9.10. The molecule has 3 N–H and O–H groups in total. The summed E-state index contributed by atoms with van der Waals surface area (Å²) in [6, 6.07) is 6.98. The standard InChI is InChI=1S/C12H8BrN5O2/c13-7-3-1-6(2-4-7)9-11(19)15-10(16-12(9)20)8-5-14-18-17-8/h1-5H,(H,14,17,18)(H2,15,16,19,20). The third-order valence-corrected chi connectivity index (χ3v) is 3.22. The molecule has 8 heteroatoms. The maximum Gasteiger partial charge on any atom is 0.262 e. The third kappa shape index (κ3) is 2.21. The van der Waals surface area contributed by atoms with Gasteiger partial charge in [-0.05, 0) is 17.7 Å². The number of nitrogens with one attached hydrogen (secondary N) is 2. The van der Waals surface area contributed by atoms with E-state index in [4.69, 9.17) is 0 Å². The summed E-state index contributed by atoms with van der Waals surface area (Å²) in [6.07, 6.45) is 1.40. The van der Waals surface area contributed by atoms with Crippen molar-refractivity contribution in [2.24, 2.45) is 0 Å². The van der Waals surface area contributed by atoms with Crippen molar-refractivity contribution >= 4 is 15.9 Å². The molecule has 0 aliphatic heterocycles. The molecule has 0 unspecified atom stereocenters. The normalized spacial score (nSPS) is 10.7. The first-order valence-corrected chi connectivity index (χ1v) is 6.40. The monoisotopic (exact) mass is 333 g/mol. The summed E-state index contributed by atoms with van der Waals surface area (Å²) in [6.45, 7) is 0. The number of benzene rings is 1. The molecule has 0 atom stereocenters. The Bertz CT molecular complexity index is 796. The van der Waals surface area contributed by atoms with Gasteiger partial charge in [-0.1, -0.05) is 28.1 Å². The molecule has 0 bridgehead atoms. The highest BCUT2D eigenvalue weighted by Crippen LogP contribution is 2.26. The van der Waals surface area contributed by atoms with E-state index in [1.54, 1.807) is 24.3 Å². The van der Waals surface area contributed by atoms with Crippen LogP contribution in [0.15, 0.2) is 39.7 Å². The number of H-pyrrole nitrogens is 2. The molecular formula is C12H8BrN5O2. The van der Waals surface area contributed by atoms with Crippen molar-refractivity contribution in [2.45, 2.75) is 0 Å². The van der Waals surface area contributed by atoms with Gasteiger partial charge < -0.3 is 10.1 Å². The van der Waals surface area contributed by atoms with Crippen LogP contribution < -0.4 is 5.56 Å². The maximum atomic E-state index is 12.1. The molecule has 0 amide bonds. The van der Waals surface area contributed by atoms with Gasteiger partial charge in [0.2, 0.25) is 5.88 Å². The summed E-state index contributed by atoms with van der Waals surface area (Å²) in [7, 11) is 0. The highest BCUT2D eigenvalue weighted by atomic mass is 79.9. The minimum atomic E-state index is -0.446. The van der Waals surface area contributed by atoms with Crippen LogP contribution in [0, 0.1) is 0 Å². The lowest BCUT2D eigenvalue weighted by Gasteiger charge is -2.04. The number of aromatic nitrogens is 5. The fraction of sp³-hybridized carbons (Fsp3) is 0. The lowest BCUT2D eigenvalue weighted by atomic mass is 10.1. The Morgan fingerprint density at radius 3 is 2.55 bits per heavy atom. The van der Waals surface area contributed by atoms with Gasteiger partial charge in [0.1, 0.15) is 11.3 Å². The van der Waals surface area contributed by atoms with Crippen LogP contribution in [0.4, 0.5) is 0 Å². The Morgan fingerprint density at radius 2 is 1.95 bits per heavy atom. The summed E-state index contributed by atoms with van der Waals surface area (Å²) < 4.78 is 0.879. The van der Waals surface area contributed by atoms with Gasteiger partial charge >= 0.3 is 0 Å². The second-order valence-corrected chi connectivity index (χ2v) is 4.89. The molecule has 0 aliphatic carbocycles. The SMILES string of the molecule is O=c1[nH]c(-c2cn[nH]n2)nc(O)c1-c1ccc(Br)cc1. The van der Waals surface area contributed by atoms with Crippen LogP contribution in [-0.2, 0) is 0 Å². The molecule has 0 saturated heterocycles. The number of aromatic amines is 2. The largest absolute Gasteiger partial charge is 0.493 e. The molecule has 3 aromatic rings. The molecule has 0 aliphatic rings. The van der Waals surface area contributed by atoms with E-state index in [9.17, 15) is 9.90 Å². The predicted molar refractivity (Wildman–Crippen MR) is 75.0 cm³/mol. The molecule has 0 spiro atoms. The number of hydrogen-bond donors (Lipinski definition) is 3. The average Bonchev–Trinajstić information content (AvgIpc) is 2.94.